The fourth-order valence-corrected chi connectivity index (χ4v) is 3.59. The van der Waals surface area contributed by atoms with Gasteiger partial charge in [-0.2, -0.15) is 0 Å². The van der Waals surface area contributed by atoms with Gasteiger partial charge in [0.25, 0.3) is 11.8 Å². The van der Waals surface area contributed by atoms with E-state index in [1.165, 1.54) is 12.0 Å². The minimum Gasteiger partial charge on any atom is -0.497 e. The van der Waals surface area contributed by atoms with Crippen LogP contribution in [0.1, 0.15) is 37.0 Å². The van der Waals surface area contributed by atoms with Gasteiger partial charge in [-0.3, -0.25) is 14.4 Å². The molecule has 2 aromatic rings. The third kappa shape index (κ3) is 4.01. The number of methoxy groups -OCH3 is 2. The molecule has 2 unspecified atom stereocenters. The van der Waals surface area contributed by atoms with Crippen molar-refractivity contribution in [1.82, 2.24) is 4.90 Å². The average Bonchev–Trinajstić information content (AvgIpc) is 3.07. The van der Waals surface area contributed by atoms with Gasteiger partial charge in [0.15, 0.2) is 0 Å². The molecule has 2 aromatic carbocycles. The number of anilines is 1. The number of imide groups is 1. The summed E-state index contributed by atoms with van der Waals surface area (Å²) in [5.74, 6) is 0.150. The Morgan fingerprint density at radius 1 is 1.10 bits per heavy atom. The molecule has 7 nitrogen and oxygen atoms in total. The lowest BCUT2D eigenvalue weighted by molar-refractivity contribution is -0.122. The second-order valence-electron chi connectivity index (χ2n) is 7.19. The van der Waals surface area contributed by atoms with Crippen molar-refractivity contribution in [1.29, 1.82) is 0 Å². The molecule has 2 atom stereocenters. The highest BCUT2D eigenvalue weighted by Crippen LogP contribution is 2.30. The van der Waals surface area contributed by atoms with Crippen LogP contribution in [0.25, 0.3) is 0 Å². The van der Waals surface area contributed by atoms with E-state index in [0.29, 0.717) is 29.2 Å². The van der Waals surface area contributed by atoms with E-state index in [4.69, 9.17) is 9.47 Å². The maximum Gasteiger partial charge on any atom is 0.257 e. The topological polar surface area (TPSA) is 76.2 Å². The molecule has 158 valence electrons. The Morgan fingerprint density at radius 2 is 1.77 bits per heavy atom. The van der Waals surface area contributed by atoms with Crippen molar-refractivity contribution in [2.75, 3.05) is 19.1 Å². The quantitative estimate of drug-likeness (QED) is 0.655. The Labute approximate surface area is 176 Å². The van der Waals surface area contributed by atoms with Crippen molar-refractivity contribution in [3.63, 3.8) is 0 Å². The van der Waals surface area contributed by atoms with Gasteiger partial charge < -0.3 is 14.4 Å². The predicted octanol–water partition coefficient (Wildman–Crippen LogP) is 3.28. The van der Waals surface area contributed by atoms with Crippen LogP contribution in [0.2, 0.25) is 0 Å². The van der Waals surface area contributed by atoms with Crippen molar-refractivity contribution in [3.8, 4) is 11.5 Å². The number of carbonyl (C=O) groups is 3. The second-order valence-corrected chi connectivity index (χ2v) is 7.19. The SMILES string of the molecule is CCC(C)N(C(=O)c1cccc(OC)c1)C1CC(=O)N(c2ccc(OC)cc2)C1=O. The molecule has 0 N–H and O–H groups in total. The molecule has 0 saturated carbocycles. The van der Waals surface area contributed by atoms with Crippen molar-refractivity contribution in [3.05, 3.63) is 54.1 Å². The van der Waals surface area contributed by atoms with Crippen molar-refractivity contribution in [2.45, 2.75) is 38.8 Å². The molecule has 7 heteroatoms. The largest absolute Gasteiger partial charge is 0.497 e. The van der Waals surface area contributed by atoms with Gasteiger partial charge in [0, 0.05) is 11.6 Å². The lowest BCUT2D eigenvalue weighted by atomic mass is 10.1. The van der Waals surface area contributed by atoms with Crippen LogP contribution in [0.3, 0.4) is 0 Å². The molecule has 0 aliphatic carbocycles. The van der Waals surface area contributed by atoms with E-state index >= 15 is 0 Å². The maximum atomic E-state index is 13.4. The van der Waals surface area contributed by atoms with Gasteiger partial charge in [0.2, 0.25) is 5.91 Å². The molecule has 3 amide bonds. The summed E-state index contributed by atoms with van der Waals surface area (Å²) in [5, 5.41) is 0. The minimum absolute atomic E-state index is 0.0507. The third-order valence-electron chi connectivity index (χ3n) is 5.41. The zero-order valence-electron chi connectivity index (χ0n) is 17.6. The summed E-state index contributed by atoms with van der Waals surface area (Å²) in [7, 11) is 3.08. The van der Waals surface area contributed by atoms with Crippen LogP contribution in [0, 0.1) is 0 Å². The Kier molecular flexibility index (Phi) is 6.40. The standard InChI is InChI=1S/C23H26N2O5/c1-5-15(2)24(22(27)16-7-6-8-19(13-16)30-4)20-14-21(26)25(23(20)28)17-9-11-18(29-3)12-10-17/h6-13,15,20H,5,14H2,1-4H3. The van der Waals surface area contributed by atoms with Crippen LogP contribution in [-0.2, 0) is 9.59 Å². The van der Waals surface area contributed by atoms with Gasteiger partial charge in [-0.25, -0.2) is 4.90 Å². The van der Waals surface area contributed by atoms with E-state index in [-0.39, 0.29) is 24.3 Å². The zero-order valence-corrected chi connectivity index (χ0v) is 17.6. The number of hydrogen-bond acceptors (Lipinski definition) is 5. The van der Waals surface area contributed by atoms with Gasteiger partial charge in [-0.1, -0.05) is 13.0 Å². The van der Waals surface area contributed by atoms with Gasteiger partial charge in [0.05, 0.1) is 26.3 Å². The number of nitrogens with zero attached hydrogens (tertiary/aromatic N) is 2. The third-order valence-corrected chi connectivity index (χ3v) is 5.41. The first-order valence-electron chi connectivity index (χ1n) is 9.88. The number of carbonyl (C=O) groups excluding carboxylic acids is 3. The number of benzene rings is 2. The summed E-state index contributed by atoms with van der Waals surface area (Å²) < 4.78 is 10.4. The van der Waals surface area contributed by atoms with Crippen LogP contribution in [-0.4, -0.2) is 48.9 Å². The summed E-state index contributed by atoms with van der Waals surface area (Å²) in [6, 6.07) is 12.4. The first-order valence-corrected chi connectivity index (χ1v) is 9.88. The fourth-order valence-electron chi connectivity index (χ4n) is 3.59. The van der Waals surface area contributed by atoms with Crippen LogP contribution in [0.4, 0.5) is 5.69 Å². The van der Waals surface area contributed by atoms with E-state index in [0.717, 1.165) is 4.90 Å². The minimum atomic E-state index is -0.853. The highest BCUT2D eigenvalue weighted by Gasteiger charge is 2.45. The lowest BCUT2D eigenvalue weighted by Crippen LogP contribution is -2.49. The number of rotatable bonds is 7. The van der Waals surface area contributed by atoms with E-state index in [1.54, 1.807) is 55.6 Å². The molecular formula is C23H26N2O5. The Bertz CT molecular complexity index is 941. The van der Waals surface area contributed by atoms with E-state index < -0.39 is 11.9 Å². The molecule has 1 saturated heterocycles. The Balaban J connectivity index is 1.93. The molecule has 1 fully saturated rings. The molecule has 0 spiro atoms. The molecule has 1 aliphatic heterocycles. The number of amides is 3. The summed E-state index contributed by atoms with van der Waals surface area (Å²) in [5.41, 5.74) is 0.879. The molecule has 0 aromatic heterocycles. The van der Waals surface area contributed by atoms with Gasteiger partial charge in [0.1, 0.15) is 17.5 Å². The Hall–Kier alpha value is -3.35. The summed E-state index contributed by atoms with van der Waals surface area (Å²) in [6.07, 6.45) is 0.598. The molecule has 1 aliphatic rings. The van der Waals surface area contributed by atoms with Crippen LogP contribution in [0.15, 0.2) is 48.5 Å². The highest BCUT2D eigenvalue weighted by atomic mass is 16.5. The molecule has 3 rings (SSSR count). The van der Waals surface area contributed by atoms with Crippen LogP contribution >= 0.6 is 0 Å². The monoisotopic (exact) mass is 410 g/mol. The van der Waals surface area contributed by atoms with Crippen LogP contribution < -0.4 is 14.4 Å². The highest BCUT2D eigenvalue weighted by molar-refractivity contribution is 6.23. The zero-order chi connectivity index (χ0) is 21.8. The average molecular weight is 410 g/mol. The van der Waals surface area contributed by atoms with E-state index in [2.05, 4.69) is 0 Å². The summed E-state index contributed by atoms with van der Waals surface area (Å²) in [6.45, 7) is 3.82. The Morgan fingerprint density at radius 3 is 2.37 bits per heavy atom. The number of ether oxygens (including phenoxy) is 2. The van der Waals surface area contributed by atoms with Crippen LogP contribution in [0.5, 0.6) is 11.5 Å². The first-order chi connectivity index (χ1) is 14.4. The number of hydrogen-bond donors (Lipinski definition) is 0. The molecule has 30 heavy (non-hydrogen) atoms. The fraction of sp³-hybridized carbons (Fsp3) is 0.348. The van der Waals surface area contributed by atoms with Gasteiger partial charge in [-0.05, 0) is 55.8 Å². The molecule has 0 bridgehead atoms. The van der Waals surface area contributed by atoms with Crippen molar-refractivity contribution < 1.29 is 23.9 Å². The summed E-state index contributed by atoms with van der Waals surface area (Å²) in [4.78, 5) is 42.0. The second kappa shape index (κ2) is 8.98. The normalized spacial score (nSPS) is 17.1. The maximum absolute atomic E-state index is 13.4. The van der Waals surface area contributed by atoms with Gasteiger partial charge in [-0.15, -0.1) is 0 Å². The predicted molar refractivity (Wildman–Crippen MR) is 113 cm³/mol. The van der Waals surface area contributed by atoms with Gasteiger partial charge >= 0.3 is 0 Å². The molecular weight excluding hydrogens is 384 g/mol. The smallest absolute Gasteiger partial charge is 0.257 e. The molecule has 1 heterocycles. The van der Waals surface area contributed by atoms with E-state index in [1.807, 2.05) is 13.8 Å². The molecule has 0 radical (unpaired) electrons. The van der Waals surface area contributed by atoms with E-state index in [9.17, 15) is 14.4 Å². The first kappa shape index (κ1) is 21.4. The lowest BCUT2D eigenvalue weighted by Gasteiger charge is -2.33. The van der Waals surface area contributed by atoms with Crippen molar-refractivity contribution >= 4 is 23.4 Å². The summed E-state index contributed by atoms with van der Waals surface area (Å²) >= 11 is 0. The van der Waals surface area contributed by atoms with Crippen molar-refractivity contribution in [2.24, 2.45) is 0 Å².